The Morgan fingerprint density at radius 3 is 2.00 bits per heavy atom. The van der Waals surface area contributed by atoms with E-state index in [-0.39, 0.29) is 23.7 Å². The summed E-state index contributed by atoms with van der Waals surface area (Å²) in [5.74, 6) is -4.63. The number of nitrogens with zero attached hydrogens (tertiary/aromatic N) is 1. The first-order chi connectivity index (χ1) is 11.4. The molecule has 1 atom stereocenters. The molecule has 1 unspecified atom stereocenters. The maximum atomic E-state index is 12.5. The highest BCUT2D eigenvalue weighted by molar-refractivity contribution is 5.89. The van der Waals surface area contributed by atoms with E-state index in [0.29, 0.717) is 6.42 Å². The third kappa shape index (κ3) is 3.52. The highest BCUT2D eigenvalue weighted by Gasteiger charge is 2.34. The molecule has 0 fully saturated rings. The van der Waals surface area contributed by atoms with Crippen LogP contribution in [0.2, 0.25) is 0 Å². The minimum Gasteiger partial charge on any atom is -0.504 e. The summed E-state index contributed by atoms with van der Waals surface area (Å²) >= 11 is 0. The van der Waals surface area contributed by atoms with Gasteiger partial charge >= 0.3 is 6.09 Å². The number of aromatic hydroxyl groups is 5. The minimum atomic E-state index is -1.05. The highest BCUT2D eigenvalue weighted by Crippen LogP contribution is 2.54. The van der Waals surface area contributed by atoms with Gasteiger partial charge < -0.3 is 30.3 Å². The van der Waals surface area contributed by atoms with Crippen LogP contribution in [-0.4, -0.2) is 48.7 Å². The zero-order chi connectivity index (χ0) is 19.1. The van der Waals surface area contributed by atoms with Crippen molar-refractivity contribution in [1.29, 1.82) is 0 Å². The minimum absolute atomic E-state index is 0.0768. The van der Waals surface area contributed by atoms with Crippen LogP contribution >= 0.6 is 0 Å². The molecule has 5 N–H and O–H groups in total. The second kappa shape index (κ2) is 6.27. The maximum absolute atomic E-state index is 12.5. The third-order valence-electron chi connectivity index (χ3n) is 3.74. The number of carbonyl (C=O) groups is 1. The van der Waals surface area contributed by atoms with Crippen molar-refractivity contribution in [2.45, 2.75) is 39.7 Å². The topological polar surface area (TPSA) is 131 Å². The molecule has 1 aromatic carbocycles. The lowest BCUT2D eigenvalue weighted by atomic mass is 9.96. The van der Waals surface area contributed by atoms with E-state index in [9.17, 15) is 30.3 Å². The zero-order valence-corrected chi connectivity index (χ0v) is 14.6. The van der Waals surface area contributed by atoms with Gasteiger partial charge in [0, 0.05) is 6.54 Å². The number of allylic oxidation sites excluding steroid dienone is 1. The van der Waals surface area contributed by atoms with Gasteiger partial charge in [-0.15, -0.1) is 0 Å². The van der Waals surface area contributed by atoms with Gasteiger partial charge in [0.2, 0.25) is 17.2 Å². The molecular weight excluding hydrogens is 330 g/mol. The van der Waals surface area contributed by atoms with E-state index in [1.165, 1.54) is 4.90 Å². The molecule has 0 bridgehead atoms. The molecule has 0 saturated carbocycles. The second-order valence-electron chi connectivity index (χ2n) is 7.14. The van der Waals surface area contributed by atoms with E-state index in [2.05, 4.69) is 0 Å². The van der Waals surface area contributed by atoms with Crippen LogP contribution in [-0.2, 0) is 4.74 Å². The second-order valence-corrected chi connectivity index (χ2v) is 7.14. The number of rotatable bonds is 1. The first-order valence-electron chi connectivity index (χ1n) is 7.83. The fourth-order valence-electron chi connectivity index (χ4n) is 2.56. The van der Waals surface area contributed by atoms with Gasteiger partial charge in [0.05, 0.1) is 11.3 Å². The van der Waals surface area contributed by atoms with Gasteiger partial charge in [0.25, 0.3) is 0 Å². The number of carbonyl (C=O) groups excluding carboxylic acids is 1. The number of phenolic OH excluding ortho intramolecular Hbond substituents is 5. The molecular formula is C17H23NO7. The number of ether oxygens (including phenoxy) is 1. The molecule has 0 radical (unpaired) electrons. The Morgan fingerprint density at radius 1 is 1.04 bits per heavy atom. The van der Waals surface area contributed by atoms with Gasteiger partial charge in [-0.05, 0) is 33.1 Å². The summed E-state index contributed by atoms with van der Waals surface area (Å²) in [5.41, 5.74) is -1.04. The molecule has 138 valence electrons. The monoisotopic (exact) mass is 353 g/mol. The molecule has 8 heteroatoms. The fraction of sp³-hybridized carbons (Fsp3) is 0.471. The van der Waals surface area contributed by atoms with Crippen molar-refractivity contribution in [2.24, 2.45) is 5.92 Å². The summed E-state index contributed by atoms with van der Waals surface area (Å²) in [6, 6.07) is 0. The molecule has 1 amide bonds. The van der Waals surface area contributed by atoms with Crippen LogP contribution in [0.5, 0.6) is 28.7 Å². The van der Waals surface area contributed by atoms with Crippen LogP contribution < -0.4 is 0 Å². The number of hydrogen-bond acceptors (Lipinski definition) is 7. The molecule has 0 spiro atoms. The van der Waals surface area contributed by atoms with Crippen LogP contribution in [0.25, 0.3) is 5.70 Å². The first-order valence-corrected chi connectivity index (χ1v) is 7.83. The Kier molecular flexibility index (Phi) is 4.66. The summed E-state index contributed by atoms with van der Waals surface area (Å²) in [7, 11) is 0. The summed E-state index contributed by atoms with van der Waals surface area (Å²) in [5, 5.41) is 49.3. The van der Waals surface area contributed by atoms with Crippen molar-refractivity contribution in [2.75, 3.05) is 6.54 Å². The molecule has 25 heavy (non-hydrogen) atoms. The van der Waals surface area contributed by atoms with E-state index < -0.39 is 40.4 Å². The molecule has 1 aliphatic rings. The van der Waals surface area contributed by atoms with Crippen LogP contribution in [0.3, 0.4) is 0 Å². The summed E-state index contributed by atoms with van der Waals surface area (Å²) in [6.07, 6.45) is 1.43. The van der Waals surface area contributed by atoms with Crippen molar-refractivity contribution in [3.63, 3.8) is 0 Å². The standard InChI is InChI=1S/C17H23NO7/c1-8-5-6-9(18(7-8)16(24)25-17(2,3)4)10-11(19)13(21)15(23)14(22)12(10)20/h6,8,19-23H,5,7H2,1-4H3. The number of amides is 1. The molecule has 1 heterocycles. The molecule has 8 nitrogen and oxygen atoms in total. The zero-order valence-electron chi connectivity index (χ0n) is 14.6. The third-order valence-corrected chi connectivity index (χ3v) is 3.74. The fourth-order valence-corrected chi connectivity index (χ4v) is 2.56. The van der Waals surface area contributed by atoms with Crippen LogP contribution in [0, 0.1) is 5.92 Å². The quantitative estimate of drug-likeness (QED) is 0.387. The Bertz CT molecular complexity index is 704. The Hall–Kier alpha value is -2.77. The van der Waals surface area contributed by atoms with E-state index in [0.717, 1.165) is 0 Å². The van der Waals surface area contributed by atoms with E-state index >= 15 is 0 Å². The molecule has 1 aliphatic heterocycles. The van der Waals surface area contributed by atoms with Crippen LogP contribution in [0.1, 0.15) is 39.7 Å². The summed E-state index contributed by atoms with van der Waals surface area (Å²) in [4.78, 5) is 13.7. The average Bonchev–Trinajstić information content (AvgIpc) is 2.50. The SMILES string of the molecule is CC1CC=C(c2c(O)c(O)c(O)c(O)c2O)N(C(=O)OC(C)(C)C)C1. The summed E-state index contributed by atoms with van der Waals surface area (Å²) in [6.45, 7) is 7.27. The Morgan fingerprint density at radius 2 is 1.52 bits per heavy atom. The molecule has 0 aromatic heterocycles. The van der Waals surface area contributed by atoms with Gasteiger partial charge in [-0.25, -0.2) is 4.79 Å². The van der Waals surface area contributed by atoms with E-state index in [1.807, 2.05) is 6.92 Å². The number of benzene rings is 1. The number of phenols is 5. The van der Waals surface area contributed by atoms with Gasteiger partial charge in [0.1, 0.15) is 5.60 Å². The van der Waals surface area contributed by atoms with E-state index in [4.69, 9.17) is 4.74 Å². The van der Waals surface area contributed by atoms with Crippen LogP contribution in [0.15, 0.2) is 6.08 Å². The van der Waals surface area contributed by atoms with Crippen molar-refractivity contribution in [1.82, 2.24) is 4.90 Å². The predicted octanol–water partition coefficient (Wildman–Crippen LogP) is 2.83. The lowest BCUT2D eigenvalue weighted by Gasteiger charge is -2.34. The highest BCUT2D eigenvalue weighted by atomic mass is 16.6. The molecule has 0 saturated heterocycles. The normalized spacial score (nSPS) is 18.0. The smallest absolute Gasteiger partial charge is 0.414 e. The molecule has 0 aliphatic carbocycles. The van der Waals surface area contributed by atoms with Gasteiger partial charge in [0.15, 0.2) is 11.5 Å². The maximum Gasteiger partial charge on any atom is 0.414 e. The molecule has 1 aromatic rings. The summed E-state index contributed by atoms with van der Waals surface area (Å²) < 4.78 is 5.35. The lowest BCUT2D eigenvalue weighted by Crippen LogP contribution is -2.39. The van der Waals surface area contributed by atoms with E-state index in [1.54, 1.807) is 26.8 Å². The van der Waals surface area contributed by atoms with Crippen molar-refractivity contribution >= 4 is 11.8 Å². The largest absolute Gasteiger partial charge is 0.504 e. The van der Waals surface area contributed by atoms with Gasteiger partial charge in [-0.3, -0.25) is 4.90 Å². The van der Waals surface area contributed by atoms with Gasteiger partial charge in [-0.2, -0.15) is 0 Å². The Balaban J connectivity index is 2.58. The Labute approximate surface area is 145 Å². The van der Waals surface area contributed by atoms with Crippen molar-refractivity contribution in [3.8, 4) is 28.7 Å². The first kappa shape index (κ1) is 18.6. The number of hydrogen-bond donors (Lipinski definition) is 5. The predicted molar refractivity (Wildman–Crippen MR) is 89.5 cm³/mol. The lowest BCUT2D eigenvalue weighted by molar-refractivity contribution is 0.0327. The average molecular weight is 353 g/mol. The molecule has 2 rings (SSSR count). The van der Waals surface area contributed by atoms with Gasteiger partial charge in [-0.1, -0.05) is 13.0 Å². The van der Waals surface area contributed by atoms with Crippen molar-refractivity contribution in [3.05, 3.63) is 11.6 Å². The van der Waals surface area contributed by atoms with Crippen LogP contribution in [0.4, 0.5) is 4.79 Å². The van der Waals surface area contributed by atoms with Crippen molar-refractivity contribution < 1.29 is 35.1 Å².